The Bertz CT molecular complexity index is 653. The molecule has 0 bridgehead atoms. The number of rotatable bonds is 4. The number of carboxylic acid groups (broad SMARTS) is 1. The zero-order valence-corrected chi connectivity index (χ0v) is 11.4. The van der Waals surface area contributed by atoms with E-state index in [-0.39, 0.29) is 5.56 Å². The third kappa shape index (κ3) is 3.15. The number of hydrogen-bond donors (Lipinski definition) is 2. The zero-order chi connectivity index (χ0) is 14.7. The van der Waals surface area contributed by atoms with Gasteiger partial charge in [0.15, 0.2) is 0 Å². The molecule has 0 spiro atoms. The van der Waals surface area contributed by atoms with Crippen molar-refractivity contribution in [3.63, 3.8) is 0 Å². The van der Waals surface area contributed by atoms with Crippen LogP contribution in [0.15, 0.2) is 36.4 Å². The van der Waals surface area contributed by atoms with Crippen LogP contribution in [0, 0.1) is 19.7 Å². The van der Waals surface area contributed by atoms with E-state index in [2.05, 4.69) is 11.4 Å². The van der Waals surface area contributed by atoms with Gasteiger partial charge in [-0.1, -0.05) is 23.8 Å². The Labute approximate surface area is 117 Å². The Kier molecular flexibility index (Phi) is 4.03. The van der Waals surface area contributed by atoms with Crippen molar-refractivity contribution in [1.82, 2.24) is 0 Å². The van der Waals surface area contributed by atoms with Gasteiger partial charge in [0.05, 0.1) is 5.56 Å². The highest BCUT2D eigenvalue weighted by molar-refractivity contribution is 5.89. The van der Waals surface area contributed by atoms with E-state index in [4.69, 9.17) is 5.11 Å². The van der Waals surface area contributed by atoms with Crippen molar-refractivity contribution in [2.75, 3.05) is 5.32 Å². The fourth-order valence-corrected chi connectivity index (χ4v) is 2.04. The van der Waals surface area contributed by atoms with Gasteiger partial charge in [0.1, 0.15) is 5.82 Å². The summed E-state index contributed by atoms with van der Waals surface area (Å²) < 4.78 is 13.3. The van der Waals surface area contributed by atoms with Crippen molar-refractivity contribution in [3.05, 3.63) is 64.5 Å². The largest absolute Gasteiger partial charge is 0.478 e. The molecule has 3 nitrogen and oxygen atoms in total. The van der Waals surface area contributed by atoms with Gasteiger partial charge in [-0.25, -0.2) is 9.18 Å². The molecule has 4 heteroatoms. The number of aryl methyl sites for hydroxylation is 2. The number of anilines is 1. The van der Waals surface area contributed by atoms with Crippen molar-refractivity contribution in [1.29, 1.82) is 0 Å². The van der Waals surface area contributed by atoms with Gasteiger partial charge in [0.2, 0.25) is 0 Å². The smallest absolute Gasteiger partial charge is 0.338 e. The molecule has 20 heavy (non-hydrogen) atoms. The zero-order valence-electron chi connectivity index (χ0n) is 11.4. The Balaban J connectivity index is 2.15. The van der Waals surface area contributed by atoms with Gasteiger partial charge in [-0.05, 0) is 43.2 Å². The van der Waals surface area contributed by atoms with Crippen molar-refractivity contribution in [3.8, 4) is 0 Å². The van der Waals surface area contributed by atoms with Crippen molar-refractivity contribution in [2.24, 2.45) is 0 Å². The van der Waals surface area contributed by atoms with E-state index < -0.39 is 11.8 Å². The van der Waals surface area contributed by atoms with Crippen LogP contribution in [0.4, 0.5) is 10.1 Å². The highest BCUT2D eigenvalue weighted by Gasteiger charge is 2.10. The van der Waals surface area contributed by atoms with Crippen LogP contribution in [-0.2, 0) is 6.54 Å². The van der Waals surface area contributed by atoms with Crippen LogP contribution in [0.2, 0.25) is 0 Å². The highest BCUT2D eigenvalue weighted by atomic mass is 19.1. The van der Waals surface area contributed by atoms with Crippen molar-refractivity contribution < 1.29 is 14.3 Å². The number of aromatic carboxylic acids is 1. The Morgan fingerprint density at radius 2 is 1.95 bits per heavy atom. The van der Waals surface area contributed by atoms with Crippen LogP contribution in [0.25, 0.3) is 0 Å². The summed E-state index contributed by atoms with van der Waals surface area (Å²) in [7, 11) is 0. The second-order valence-corrected chi connectivity index (χ2v) is 4.78. The normalized spacial score (nSPS) is 10.3. The summed E-state index contributed by atoms with van der Waals surface area (Å²) >= 11 is 0. The van der Waals surface area contributed by atoms with E-state index in [1.807, 2.05) is 26.0 Å². The molecule has 0 saturated carbocycles. The maximum Gasteiger partial charge on any atom is 0.338 e. The van der Waals surface area contributed by atoms with Crippen LogP contribution >= 0.6 is 0 Å². The SMILES string of the molecule is Cc1ccc(CNc2ccc(F)c(C(=O)O)c2)c(C)c1. The van der Waals surface area contributed by atoms with Gasteiger partial charge in [-0.15, -0.1) is 0 Å². The molecule has 2 N–H and O–H groups in total. The van der Waals surface area contributed by atoms with E-state index in [0.29, 0.717) is 12.2 Å². The number of halogens is 1. The average Bonchev–Trinajstić information content (AvgIpc) is 2.39. The fraction of sp³-hybridized carbons (Fsp3) is 0.188. The van der Waals surface area contributed by atoms with Gasteiger partial charge in [-0.2, -0.15) is 0 Å². The predicted octanol–water partition coefficient (Wildman–Crippen LogP) is 3.75. The summed E-state index contributed by atoms with van der Waals surface area (Å²) in [6, 6.07) is 10.1. The molecule has 0 amide bonds. The molecule has 2 rings (SSSR count). The lowest BCUT2D eigenvalue weighted by atomic mass is 10.1. The molecule has 0 fully saturated rings. The van der Waals surface area contributed by atoms with E-state index >= 15 is 0 Å². The number of carboxylic acids is 1. The Morgan fingerprint density at radius 3 is 2.60 bits per heavy atom. The number of hydrogen-bond acceptors (Lipinski definition) is 2. The molecule has 104 valence electrons. The topological polar surface area (TPSA) is 49.3 Å². The van der Waals surface area contributed by atoms with Crippen LogP contribution in [0.1, 0.15) is 27.0 Å². The van der Waals surface area contributed by atoms with Crippen LogP contribution in [-0.4, -0.2) is 11.1 Å². The quantitative estimate of drug-likeness (QED) is 0.891. The molecule has 0 aliphatic carbocycles. The number of carbonyl (C=O) groups is 1. The lowest BCUT2D eigenvalue weighted by Gasteiger charge is -2.10. The van der Waals surface area contributed by atoms with E-state index in [0.717, 1.165) is 17.2 Å². The van der Waals surface area contributed by atoms with Gasteiger partial charge in [0.25, 0.3) is 0 Å². The van der Waals surface area contributed by atoms with Gasteiger partial charge in [-0.3, -0.25) is 0 Å². The summed E-state index contributed by atoms with van der Waals surface area (Å²) in [5, 5.41) is 12.0. The van der Waals surface area contributed by atoms with Crippen molar-refractivity contribution >= 4 is 11.7 Å². The van der Waals surface area contributed by atoms with E-state index in [1.54, 1.807) is 0 Å². The molecule has 0 aliphatic heterocycles. The second kappa shape index (κ2) is 5.74. The molecule has 0 atom stereocenters. The molecule has 2 aromatic rings. The first-order valence-electron chi connectivity index (χ1n) is 6.30. The van der Waals surface area contributed by atoms with Crippen LogP contribution in [0.5, 0.6) is 0 Å². The molecule has 0 aliphatic rings. The number of nitrogens with one attached hydrogen (secondary N) is 1. The summed E-state index contributed by atoms with van der Waals surface area (Å²) in [4.78, 5) is 10.9. The lowest BCUT2D eigenvalue weighted by Crippen LogP contribution is -2.05. The maximum atomic E-state index is 13.3. The minimum atomic E-state index is -1.27. The summed E-state index contributed by atoms with van der Waals surface area (Å²) in [5.74, 6) is -1.99. The van der Waals surface area contributed by atoms with E-state index in [1.165, 1.54) is 17.7 Å². The maximum absolute atomic E-state index is 13.3. The first-order valence-corrected chi connectivity index (χ1v) is 6.30. The molecule has 0 aromatic heterocycles. The molecule has 0 unspecified atom stereocenters. The fourth-order valence-electron chi connectivity index (χ4n) is 2.04. The highest BCUT2D eigenvalue weighted by Crippen LogP contribution is 2.17. The van der Waals surface area contributed by atoms with E-state index in [9.17, 15) is 9.18 Å². The number of benzene rings is 2. The second-order valence-electron chi connectivity index (χ2n) is 4.78. The first-order chi connectivity index (χ1) is 9.47. The molecule has 0 radical (unpaired) electrons. The molecule has 0 heterocycles. The lowest BCUT2D eigenvalue weighted by molar-refractivity contribution is 0.0692. The van der Waals surface area contributed by atoms with Gasteiger partial charge in [0, 0.05) is 12.2 Å². The van der Waals surface area contributed by atoms with Crippen LogP contribution < -0.4 is 5.32 Å². The third-order valence-electron chi connectivity index (χ3n) is 3.18. The van der Waals surface area contributed by atoms with Gasteiger partial charge < -0.3 is 10.4 Å². The third-order valence-corrected chi connectivity index (χ3v) is 3.18. The monoisotopic (exact) mass is 273 g/mol. The Hall–Kier alpha value is -2.36. The standard InChI is InChI=1S/C16H16FNO2/c1-10-3-4-12(11(2)7-10)9-18-13-5-6-15(17)14(8-13)16(19)20/h3-8,18H,9H2,1-2H3,(H,19,20). The summed E-state index contributed by atoms with van der Waals surface area (Å²) in [6.07, 6.45) is 0. The molecular weight excluding hydrogens is 257 g/mol. The summed E-state index contributed by atoms with van der Waals surface area (Å²) in [6.45, 7) is 4.62. The minimum Gasteiger partial charge on any atom is -0.478 e. The molecule has 0 saturated heterocycles. The van der Waals surface area contributed by atoms with Crippen molar-refractivity contribution in [2.45, 2.75) is 20.4 Å². The predicted molar refractivity (Wildman–Crippen MR) is 76.6 cm³/mol. The first kappa shape index (κ1) is 14.1. The Morgan fingerprint density at radius 1 is 1.20 bits per heavy atom. The van der Waals surface area contributed by atoms with Crippen LogP contribution in [0.3, 0.4) is 0 Å². The summed E-state index contributed by atoms with van der Waals surface area (Å²) in [5.41, 5.74) is 3.75. The molecule has 2 aromatic carbocycles. The molecular formula is C16H16FNO2. The minimum absolute atomic E-state index is 0.323. The van der Waals surface area contributed by atoms with Gasteiger partial charge >= 0.3 is 5.97 Å². The average molecular weight is 273 g/mol.